The molecule has 0 bridgehead atoms. The van der Waals surface area contributed by atoms with E-state index in [4.69, 9.17) is 11.6 Å². The SMILES string of the molecule is CCC#Cc1ncccc1-c1ccc(Cl)cc1. The second kappa shape index (κ2) is 5.52. The van der Waals surface area contributed by atoms with E-state index in [9.17, 15) is 0 Å². The van der Waals surface area contributed by atoms with Gasteiger partial charge in [0.2, 0.25) is 0 Å². The Bertz CT molecular complexity index is 561. The first kappa shape index (κ1) is 11.7. The van der Waals surface area contributed by atoms with Gasteiger partial charge in [-0.2, -0.15) is 0 Å². The van der Waals surface area contributed by atoms with Crippen LogP contribution in [0.4, 0.5) is 0 Å². The van der Waals surface area contributed by atoms with Crippen LogP contribution in [0.2, 0.25) is 5.02 Å². The van der Waals surface area contributed by atoms with Crippen LogP contribution in [0.15, 0.2) is 42.6 Å². The Hall–Kier alpha value is -1.78. The second-order valence-corrected chi connectivity index (χ2v) is 4.00. The van der Waals surface area contributed by atoms with Crippen molar-refractivity contribution in [2.75, 3.05) is 0 Å². The number of halogens is 1. The number of benzene rings is 1. The summed E-state index contributed by atoms with van der Waals surface area (Å²) in [6.45, 7) is 2.03. The molecule has 0 amide bonds. The average molecular weight is 242 g/mol. The molecule has 0 atom stereocenters. The molecule has 0 saturated heterocycles. The summed E-state index contributed by atoms with van der Waals surface area (Å²) in [7, 11) is 0. The maximum absolute atomic E-state index is 5.88. The highest BCUT2D eigenvalue weighted by molar-refractivity contribution is 6.30. The first-order valence-corrected chi connectivity index (χ1v) is 5.89. The molecular weight excluding hydrogens is 230 g/mol. The van der Waals surface area contributed by atoms with E-state index >= 15 is 0 Å². The Kier molecular flexibility index (Phi) is 3.80. The standard InChI is InChI=1S/C15H12ClN/c1-2-3-6-15-14(5-4-11-17-15)12-7-9-13(16)10-8-12/h4-5,7-11H,2H2,1H3. The topological polar surface area (TPSA) is 12.9 Å². The predicted octanol–water partition coefficient (Wildman–Crippen LogP) is 4.16. The van der Waals surface area contributed by atoms with E-state index in [2.05, 4.69) is 16.8 Å². The number of aromatic nitrogens is 1. The van der Waals surface area contributed by atoms with Gasteiger partial charge in [0.1, 0.15) is 5.69 Å². The van der Waals surface area contributed by atoms with E-state index in [1.807, 2.05) is 43.3 Å². The van der Waals surface area contributed by atoms with Gasteiger partial charge < -0.3 is 0 Å². The van der Waals surface area contributed by atoms with Crippen molar-refractivity contribution in [3.05, 3.63) is 53.3 Å². The average Bonchev–Trinajstić information content (AvgIpc) is 2.38. The van der Waals surface area contributed by atoms with Gasteiger partial charge >= 0.3 is 0 Å². The molecule has 0 aliphatic carbocycles. The van der Waals surface area contributed by atoms with Gasteiger partial charge in [0.25, 0.3) is 0 Å². The van der Waals surface area contributed by atoms with Crippen LogP contribution < -0.4 is 0 Å². The predicted molar refractivity (Wildman–Crippen MR) is 71.9 cm³/mol. The minimum atomic E-state index is 0.735. The number of hydrogen-bond acceptors (Lipinski definition) is 1. The monoisotopic (exact) mass is 241 g/mol. The van der Waals surface area contributed by atoms with Crippen molar-refractivity contribution >= 4 is 11.6 Å². The highest BCUT2D eigenvalue weighted by atomic mass is 35.5. The van der Waals surface area contributed by atoms with Gasteiger partial charge in [-0.05, 0) is 29.7 Å². The molecule has 0 spiro atoms. The van der Waals surface area contributed by atoms with Crippen LogP contribution in [0.1, 0.15) is 19.0 Å². The fourth-order valence-electron chi connectivity index (χ4n) is 1.54. The Morgan fingerprint density at radius 3 is 2.65 bits per heavy atom. The quantitative estimate of drug-likeness (QED) is 0.683. The molecule has 0 saturated carbocycles. The summed E-state index contributed by atoms with van der Waals surface area (Å²) in [6, 6.07) is 11.7. The van der Waals surface area contributed by atoms with E-state index < -0.39 is 0 Å². The zero-order valence-electron chi connectivity index (χ0n) is 9.57. The zero-order valence-corrected chi connectivity index (χ0v) is 10.3. The molecule has 1 nitrogen and oxygen atoms in total. The molecule has 84 valence electrons. The lowest BCUT2D eigenvalue weighted by Crippen LogP contribution is -1.87. The molecule has 0 unspecified atom stereocenters. The molecule has 0 fully saturated rings. The summed E-state index contributed by atoms with van der Waals surface area (Å²) in [5.74, 6) is 6.13. The molecule has 2 aromatic rings. The van der Waals surface area contributed by atoms with E-state index in [0.29, 0.717) is 0 Å². The number of hydrogen-bond donors (Lipinski definition) is 0. The van der Waals surface area contributed by atoms with Crippen molar-refractivity contribution in [2.24, 2.45) is 0 Å². The van der Waals surface area contributed by atoms with E-state index in [0.717, 1.165) is 28.3 Å². The van der Waals surface area contributed by atoms with Gasteiger partial charge in [0.05, 0.1) is 0 Å². The summed E-state index contributed by atoms with van der Waals surface area (Å²) in [6.07, 6.45) is 2.59. The Morgan fingerprint density at radius 2 is 1.94 bits per heavy atom. The van der Waals surface area contributed by atoms with Crippen LogP contribution in [0.5, 0.6) is 0 Å². The van der Waals surface area contributed by atoms with Crippen molar-refractivity contribution in [1.82, 2.24) is 4.98 Å². The molecule has 0 aliphatic rings. The third-order valence-corrected chi connectivity index (χ3v) is 2.60. The molecule has 0 aliphatic heterocycles. The number of rotatable bonds is 1. The second-order valence-electron chi connectivity index (χ2n) is 3.56. The first-order chi connectivity index (χ1) is 8.31. The smallest absolute Gasteiger partial charge is 0.120 e. The molecule has 2 rings (SSSR count). The van der Waals surface area contributed by atoms with Gasteiger partial charge in [0, 0.05) is 23.2 Å². The maximum atomic E-state index is 5.88. The fraction of sp³-hybridized carbons (Fsp3) is 0.133. The third kappa shape index (κ3) is 2.87. The van der Waals surface area contributed by atoms with Crippen molar-refractivity contribution < 1.29 is 0 Å². The van der Waals surface area contributed by atoms with Crippen molar-refractivity contribution in [1.29, 1.82) is 0 Å². The highest BCUT2D eigenvalue weighted by Crippen LogP contribution is 2.23. The number of nitrogens with zero attached hydrogens (tertiary/aromatic N) is 1. The van der Waals surface area contributed by atoms with Crippen LogP contribution in [0.25, 0.3) is 11.1 Å². The van der Waals surface area contributed by atoms with Crippen LogP contribution in [0, 0.1) is 11.8 Å². The highest BCUT2D eigenvalue weighted by Gasteiger charge is 2.03. The van der Waals surface area contributed by atoms with Crippen LogP contribution >= 0.6 is 11.6 Å². The van der Waals surface area contributed by atoms with Crippen LogP contribution in [0.3, 0.4) is 0 Å². The summed E-state index contributed by atoms with van der Waals surface area (Å²) in [5.41, 5.74) is 2.95. The Morgan fingerprint density at radius 1 is 1.18 bits per heavy atom. The molecular formula is C15H12ClN. The van der Waals surface area contributed by atoms with Crippen LogP contribution in [-0.2, 0) is 0 Å². The summed E-state index contributed by atoms with van der Waals surface area (Å²) < 4.78 is 0. The summed E-state index contributed by atoms with van der Waals surface area (Å²) >= 11 is 5.88. The lowest BCUT2D eigenvalue weighted by molar-refractivity contribution is 1.26. The minimum absolute atomic E-state index is 0.735. The molecule has 1 aromatic heterocycles. The van der Waals surface area contributed by atoms with Gasteiger partial charge in [0.15, 0.2) is 0 Å². The maximum Gasteiger partial charge on any atom is 0.120 e. The molecule has 0 N–H and O–H groups in total. The van der Waals surface area contributed by atoms with Crippen LogP contribution in [-0.4, -0.2) is 4.98 Å². The van der Waals surface area contributed by atoms with Crippen molar-refractivity contribution in [3.8, 4) is 23.0 Å². The fourth-order valence-corrected chi connectivity index (χ4v) is 1.67. The molecule has 17 heavy (non-hydrogen) atoms. The lowest BCUT2D eigenvalue weighted by Gasteiger charge is -2.03. The molecule has 0 radical (unpaired) electrons. The lowest BCUT2D eigenvalue weighted by atomic mass is 10.0. The van der Waals surface area contributed by atoms with E-state index in [1.165, 1.54) is 0 Å². The largest absolute Gasteiger partial charge is 0.247 e. The summed E-state index contributed by atoms with van der Waals surface area (Å²) in [5, 5.41) is 0.735. The van der Waals surface area contributed by atoms with Crippen molar-refractivity contribution in [3.63, 3.8) is 0 Å². The van der Waals surface area contributed by atoms with Gasteiger partial charge in [-0.15, -0.1) is 0 Å². The van der Waals surface area contributed by atoms with Gasteiger partial charge in [-0.3, -0.25) is 0 Å². The molecule has 1 aromatic carbocycles. The summed E-state index contributed by atoms with van der Waals surface area (Å²) in [4.78, 5) is 4.31. The third-order valence-electron chi connectivity index (χ3n) is 2.35. The normalized spacial score (nSPS) is 9.53. The number of pyridine rings is 1. The molecule has 2 heteroatoms. The first-order valence-electron chi connectivity index (χ1n) is 5.51. The Labute approximate surface area is 106 Å². The zero-order chi connectivity index (χ0) is 12.1. The van der Waals surface area contributed by atoms with Crippen molar-refractivity contribution in [2.45, 2.75) is 13.3 Å². The minimum Gasteiger partial charge on any atom is -0.247 e. The Balaban J connectivity index is 2.48. The van der Waals surface area contributed by atoms with E-state index in [1.54, 1.807) is 6.20 Å². The molecule has 1 heterocycles. The van der Waals surface area contributed by atoms with E-state index in [-0.39, 0.29) is 0 Å². The van der Waals surface area contributed by atoms with Gasteiger partial charge in [-0.1, -0.05) is 42.6 Å². The van der Waals surface area contributed by atoms with Gasteiger partial charge in [-0.25, -0.2) is 4.98 Å².